The van der Waals surface area contributed by atoms with Crippen LogP contribution in [0.3, 0.4) is 0 Å². The molecule has 1 unspecified atom stereocenters. The average Bonchev–Trinajstić information content (AvgIpc) is 3.00. The fourth-order valence-electron chi connectivity index (χ4n) is 3.29. The highest BCUT2D eigenvalue weighted by Crippen LogP contribution is 2.23. The summed E-state index contributed by atoms with van der Waals surface area (Å²) in [5.74, 6) is -0.111. The van der Waals surface area contributed by atoms with Crippen LogP contribution >= 0.6 is 0 Å². The number of amides is 1. The Balaban J connectivity index is 1.73. The lowest BCUT2D eigenvalue weighted by molar-refractivity contribution is -0.123. The molecule has 1 aliphatic heterocycles. The number of rotatable bonds is 7. The first-order valence-corrected chi connectivity index (χ1v) is 11.4. The number of nitrogens with one attached hydrogen (secondary N) is 2. The summed E-state index contributed by atoms with van der Waals surface area (Å²) in [6.07, 6.45) is 0. The largest absolute Gasteiger partial charge is 0.370 e. The number of likely N-dealkylation sites (N-methyl/N-ethyl adjacent to an activating group) is 1. The van der Waals surface area contributed by atoms with Crippen LogP contribution in [0.2, 0.25) is 0 Å². The van der Waals surface area contributed by atoms with Gasteiger partial charge in [0.1, 0.15) is 11.9 Å². The van der Waals surface area contributed by atoms with Gasteiger partial charge in [-0.2, -0.15) is 0 Å². The molecule has 0 spiro atoms. The number of fused-ring (bicyclic) bond motifs is 1. The molecule has 1 amide bonds. The Labute approximate surface area is 178 Å². The molecule has 2 aromatic carbocycles. The Bertz CT molecular complexity index is 1040. The normalized spacial score (nSPS) is 17.8. The van der Waals surface area contributed by atoms with Crippen molar-refractivity contribution in [3.8, 4) is 0 Å². The number of hydrogen-bond donors (Lipinski definition) is 2. The SMILES string of the molecule is CC(C)[C@H](N=C1NS(=O)(=O)c2ccccc21)C(=O)NCC(C)N(C)c1ccccc1. The molecule has 0 saturated heterocycles. The maximum atomic E-state index is 12.9. The van der Waals surface area contributed by atoms with Crippen molar-refractivity contribution in [1.29, 1.82) is 0 Å². The van der Waals surface area contributed by atoms with Gasteiger partial charge in [0.2, 0.25) is 5.91 Å². The van der Waals surface area contributed by atoms with E-state index in [4.69, 9.17) is 0 Å². The second-order valence-electron chi connectivity index (χ2n) is 7.81. The number of benzene rings is 2. The minimum absolute atomic E-state index is 0.0718. The maximum absolute atomic E-state index is 12.9. The molecular formula is C22H28N4O3S. The van der Waals surface area contributed by atoms with E-state index in [-0.39, 0.29) is 28.6 Å². The first-order chi connectivity index (χ1) is 14.2. The van der Waals surface area contributed by atoms with Crippen molar-refractivity contribution in [2.75, 3.05) is 18.5 Å². The number of hydrogen-bond acceptors (Lipinski definition) is 5. The highest BCUT2D eigenvalue weighted by atomic mass is 32.2. The van der Waals surface area contributed by atoms with E-state index in [1.807, 2.05) is 58.2 Å². The van der Waals surface area contributed by atoms with Gasteiger partial charge in [0, 0.05) is 30.9 Å². The van der Waals surface area contributed by atoms with Gasteiger partial charge < -0.3 is 10.2 Å². The molecule has 7 nitrogen and oxygen atoms in total. The average molecular weight is 429 g/mol. The van der Waals surface area contributed by atoms with Gasteiger partial charge in [0.05, 0.1) is 4.90 Å². The van der Waals surface area contributed by atoms with Crippen LogP contribution in [0, 0.1) is 5.92 Å². The first kappa shape index (κ1) is 21.8. The zero-order chi connectivity index (χ0) is 21.9. The van der Waals surface area contributed by atoms with Gasteiger partial charge in [-0.15, -0.1) is 0 Å². The number of aliphatic imine (C=N–C) groups is 1. The smallest absolute Gasteiger partial charge is 0.263 e. The Morgan fingerprint density at radius 1 is 1.07 bits per heavy atom. The van der Waals surface area contributed by atoms with Gasteiger partial charge in [0.25, 0.3) is 10.0 Å². The molecule has 0 aromatic heterocycles. The van der Waals surface area contributed by atoms with Crippen molar-refractivity contribution in [3.63, 3.8) is 0 Å². The van der Waals surface area contributed by atoms with E-state index in [9.17, 15) is 13.2 Å². The minimum atomic E-state index is -3.64. The summed E-state index contributed by atoms with van der Waals surface area (Å²) >= 11 is 0. The van der Waals surface area contributed by atoms with Crippen molar-refractivity contribution < 1.29 is 13.2 Å². The van der Waals surface area contributed by atoms with E-state index >= 15 is 0 Å². The molecule has 0 radical (unpaired) electrons. The lowest BCUT2D eigenvalue weighted by Gasteiger charge is -2.28. The lowest BCUT2D eigenvalue weighted by Crippen LogP contribution is -2.45. The predicted molar refractivity (Wildman–Crippen MR) is 119 cm³/mol. The second kappa shape index (κ2) is 8.87. The number of para-hydroxylation sites is 1. The molecule has 160 valence electrons. The highest BCUT2D eigenvalue weighted by molar-refractivity contribution is 7.90. The van der Waals surface area contributed by atoms with Gasteiger partial charge in [-0.25, -0.2) is 8.42 Å². The fraction of sp³-hybridized carbons (Fsp3) is 0.364. The molecule has 0 fully saturated rings. The highest BCUT2D eigenvalue weighted by Gasteiger charge is 2.32. The summed E-state index contributed by atoms with van der Waals surface area (Å²) in [6.45, 7) is 6.26. The van der Waals surface area contributed by atoms with E-state index in [2.05, 4.69) is 19.9 Å². The first-order valence-electron chi connectivity index (χ1n) is 9.96. The number of carbonyl (C=O) groups is 1. The third-order valence-electron chi connectivity index (χ3n) is 5.23. The Kier molecular flexibility index (Phi) is 6.45. The molecule has 30 heavy (non-hydrogen) atoms. The predicted octanol–water partition coefficient (Wildman–Crippen LogP) is 2.39. The van der Waals surface area contributed by atoms with Gasteiger partial charge in [-0.05, 0) is 37.1 Å². The van der Waals surface area contributed by atoms with Crippen LogP contribution in [0.5, 0.6) is 0 Å². The summed E-state index contributed by atoms with van der Waals surface area (Å²) in [4.78, 5) is 19.7. The van der Waals surface area contributed by atoms with Crippen LogP contribution in [-0.2, 0) is 14.8 Å². The number of sulfonamides is 1. The topological polar surface area (TPSA) is 90.9 Å². The second-order valence-corrected chi connectivity index (χ2v) is 9.46. The van der Waals surface area contributed by atoms with Crippen molar-refractivity contribution in [2.45, 2.75) is 37.8 Å². The summed E-state index contributed by atoms with van der Waals surface area (Å²) in [5, 5.41) is 2.97. The fourth-order valence-corrected chi connectivity index (χ4v) is 4.53. The Morgan fingerprint density at radius 3 is 2.37 bits per heavy atom. The van der Waals surface area contributed by atoms with E-state index < -0.39 is 16.1 Å². The molecule has 0 bridgehead atoms. The lowest BCUT2D eigenvalue weighted by atomic mass is 10.0. The third-order valence-corrected chi connectivity index (χ3v) is 6.62. The van der Waals surface area contributed by atoms with E-state index in [1.165, 1.54) is 6.07 Å². The third kappa shape index (κ3) is 4.64. The number of carbonyl (C=O) groups excluding carboxylic acids is 1. The van der Waals surface area contributed by atoms with Crippen LogP contribution in [-0.4, -0.2) is 45.8 Å². The van der Waals surface area contributed by atoms with Gasteiger partial charge in [-0.3, -0.25) is 14.5 Å². The summed E-state index contributed by atoms with van der Waals surface area (Å²) in [7, 11) is -1.66. The molecule has 0 aliphatic carbocycles. The van der Waals surface area contributed by atoms with Crippen molar-refractivity contribution in [1.82, 2.24) is 10.0 Å². The molecular weight excluding hydrogens is 400 g/mol. The van der Waals surface area contributed by atoms with E-state index in [1.54, 1.807) is 18.2 Å². The van der Waals surface area contributed by atoms with Crippen molar-refractivity contribution in [3.05, 3.63) is 60.2 Å². The molecule has 2 atom stereocenters. The van der Waals surface area contributed by atoms with Crippen LogP contribution < -0.4 is 14.9 Å². The molecule has 1 aliphatic rings. The minimum Gasteiger partial charge on any atom is -0.370 e. The maximum Gasteiger partial charge on any atom is 0.263 e. The monoisotopic (exact) mass is 428 g/mol. The zero-order valence-electron chi connectivity index (χ0n) is 17.7. The zero-order valence-corrected chi connectivity index (χ0v) is 18.5. The van der Waals surface area contributed by atoms with Gasteiger partial charge in [0.15, 0.2) is 0 Å². The van der Waals surface area contributed by atoms with E-state index in [0.29, 0.717) is 12.1 Å². The van der Waals surface area contributed by atoms with Gasteiger partial charge in [-0.1, -0.05) is 44.2 Å². The number of nitrogens with zero attached hydrogens (tertiary/aromatic N) is 2. The Morgan fingerprint density at radius 2 is 1.70 bits per heavy atom. The van der Waals surface area contributed by atoms with Gasteiger partial charge >= 0.3 is 0 Å². The molecule has 2 N–H and O–H groups in total. The van der Waals surface area contributed by atoms with Crippen LogP contribution in [0.25, 0.3) is 0 Å². The van der Waals surface area contributed by atoms with Crippen molar-refractivity contribution >= 4 is 27.5 Å². The van der Waals surface area contributed by atoms with E-state index in [0.717, 1.165) is 5.69 Å². The summed E-state index contributed by atoms with van der Waals surface area (Å²) in [5.41, 5.74) is 1.56. The van der Waals surface area contributed by atoms with Crippen LogP contribution in [0.1, 0.15) is 26.3 Å². The molecule has 8 heteroatoms. The summed E-state index contributed by atoms with van der Waals surface area (Å²) < 4.78 is 27.1. The van der Waals surface area contributed by atoms with Crippen LogP contribution in [0.4, 0.5) is 5.69 Å². The number of anilines is 1. The standard InChI is InChI=1S/C22H28N4O3S/c1-15(2)20(24-21-18-12-8-9-13-19(18)30(28,29)25-21)22(27)23-14-16(3)26(4)17-10-6-5-7-11-17/h5-13,15-16,20H,14H2,1-4H3,(H,23,27)(H,24,25)/t16?,20-/m0/s1. The quantitative estimate of drug-likeness (QED) is 0.708. The Hall–Kier alpha value is -2.87. The molecule has 1 heterocycles. The van der Waals surface area contributed by atoms with Crippen molar-refractivity contribution in [2.24, 2.45) is 10.9 Å². The van der Waals surface area contributed by atoms with Crippen LogP contribution in [0.15, 0.2) is 64.5 Å². The molecule has 3 rings (SSSR count). The number of amidine groups is 1. The molecule has 2 aromatic rings. The molecule has 0 saturated carbocycles. The summed E-state index contributed by atoms with van der Waals surface area (Å²) in [6, 6.07) is 16.0.